The minimum atomic E-state index is -4.54. The van der Waals surface area contributed by atoms with Crippen LogP contribution in [0, 0.1) is 11.6 Å². The van der Waals surface area contributed by atoms with Gasteiger partial charge < -0.3 is 10.2 Å². The molecule has 0 aliphatic heterocycles. The Hall–Kier alpha value is -1.10. The van der Waals surface area contributed by atoms with E-state index in [4.69, 9.17) is 10.2 Å². The summed E-state index contributed by atoms with van der Waals surface area (Å²) in [4.78, 5) is 9.92. The molecule has 1 rings (SSSR count). The number of aliphatic hydroxyl groups excluding tert-OH is 1. The molecule has 0 unspecified atom stereocenters. The molecule has 112 valence electrons. The highest BCUT2D eigenvalue weighted by Crippen LogP contribution is 2.26. The van der Waals surface area contributed by atoms with Crippen molar-refractivity contribution in [3.05, 3.63) is 28.2 Å². The molecule has 0 radical (unpaired) electrons. The van der Waals surface area contributed by atoms with Crippen LogP contribution >= 0.6 is 15.9 Å². The van der Waals surface area contributed by atoms with Crippen LogP contribution in [0.4, 0.5) is 8.78 Å². The number of carboxylic acid groups (broad SMARTS) is 1. The Balaban J connectivity index is 3.20. The van der Waals surface area contributed by atoms with E-state index in [1.807, 2.05) is 0 Å². The molecular formula is C10H10BrF2NO5S. The molecule has 0 spiro atoms. The molecule has 3 N–H and O–H groups in total. The highest BCUT2D eigenvalue weighted by molar-refractivity contribution is 9.10. The standard InChI is InChI=1S/C10H10BrF2NO5S/c11-6-3-5(12)4-7(13)9(6)20(18,19)14-8(1-2-15)10(16)17/h3-4,8,14-15H,1-2H2,(H,16,17)/t8-/m1/s1. The summed E-state index contributed by atoms with van der Waals surface area (Å²) in [5, 5.41) is 17.5. The molecule has 0 saturated heterocycles. The molecule has 0 aliphatic carbocycles. The van der Waals surface area contributed by atoms with Crippen molar-refractivity contribution in [1.82, 2.24) is 4.72 Å². The lowest BCUT2D eigenvalue weighted by Crippen LogP contribution is -2.41. The van der Waals surface area contributed by atoms with Crippen LogP contribution in [0.2, 0.25) is 0 Å². The first-order chi connectivity index (χ1) is 9.19. The van der Waals surface area contributed by atoms with Gasteiger partial charge in [-0.25, -0.2) is 17.2 Å². The lowest BCUT2D eigenvalue weighted by atomic mass is 10.2. The highest BCUT2D eigenvalue weighted by atomic mass is 79.9. The fourth-order valence-electron chi connectivity index (χ4n) is 1.39. The summed E-state index contributed by atoms with van der Waals surface area (Å²) in [6.07, 6.45) is -0.394. The molecule has 1 aromatic carbocycles. The summed E-state index contributed by atoms with van der Waals surface area (Å²) in [5.74, 6) is -3.88. The number of aliphatic hydroxyl groups is 1. The van der Waals surface area contributed by atoms with Crippen molar-refractivity contribution >= 4 is 31.9 Å². The van der Waals surface area contributed by atoms with Crippen LogP contribution in [0.25, 0.3) is 0 Å². The summed E-state index contributed by atoms with van der Waals surface area (Å²) >= 11 is 2.70. The molecule has 0 aromatic heterocycles. The molecule has 6 nitrogen and oxygen atoms in total. The van der Waals surface area contributed by atoms with Crippen molar-refractivity contribution in [3.8, 4) is 0 Å². The van der Waals surface area contributed by atoms with Gasteiger partial charge in [-0.3, -0.25) is 4.79 Å². The van der Waals surface area contributed by atoms with Crippen molar-refractivity contribution in [2.45, 2.75) is 17.4 Å². The molecular weight excluding hydrogens is 364 g/mol. The first-order valence-electron chi connectivity index (χ1n) is 5.19. The van der Waals surface area contributed by atoms with E-state index in [1.165, 1.54) is 0 Å². The van der Waals surface area contributed by atoms with Gasteiger partial charge >= 0.3 is 5.97 Å². The van der Waals surface area contributed by atoms with E-state index in [2.05, 4.69) is 15.9 Å². The zero-order chi connectivity index (χ0) is 15.5. The normalized spacial score (nSPS) is 13.2. The average molecular weight is 374 g/mol. The maximum Gasteiger partial charge on any atom is 0.321 e. The number of hydrogen-bond donors (Lipinski definition) is 3. The fraction of sp³-hybridized carbons (Fsp3) is 0.300. The van der Waals surface area contributed by atoms with E-state index in [0.717, 1.165) is 6.07 Å². The predicted molar refractivity (Wildman–Crippen MR) is 67.5 cm³/mol. The monoisotopic (exact) mass is 373 g/mol. The second kappa shape index (κ2) is 6.57. The van der Waals surface area contributed by atoms with E-state index >= 15 is 0 Å². The molecule has 0 fully saturated rings. The first kappa shape index (κ1) is 17.0. The fourth-order valence-corrected chi connectivity index (χ4v) is 3.78. The van der Waals surface area contributed by atoms with Gasteiger partial charge in [-0.15, -0.1) is 0 Å². The smallest absolute Gasteiger partial charge is 0.321 e. The molecule has 10 heteroatoms. The average Bonchev–Trinajstić information content (AvgIpc) is 2.25. The molecule has 1 atom stereocenters. The highest BCUT2D eigenvalue weighted by Gasteiger charge is 2.29. The van der Waals surface area contributed by atoms with Crippen LogP contribution < -0.4 is 4.72 Å². The van der Waals surface area contributed by atoms with Gasteiger partial charge in [0, 0.05) is 17.1 Å². The molecule has 0 aliphatic rings. The van der Waals surface area contributed by atoms with Crippen molar-refractivity contribution in [1.29, 1.82) is 0 Å². The van der Waals surface area contributed by atoms with Crippen LogP contribution in [-0.4, -0.2) is 37.2 Å². The Kier molecular flexibility index (Phi) is 5.57. The van der Waals surface area contributed by atoms with Crippen molar-refractivity contribution in [2.75, 3.05) is 6.61 Å². The molecule has 0 bridgehead atoms. The summed E-state index contributed by atoms with van der Waals surface area (Å²) in [5.41, 5.74) is 0. The van der Waals surface area contributed by atoms with Gasteiger partial charge in [0.1, 0.15) is 22.6 Å². The molecule has 0 heterocycles. The van der Waals surface area contributed by atoms with E-state index in [1.54, 1.807) is 4.72 Å². The van der Waals surface area contributed by atoms with Gasteiger partial charge in [0.05, 0.1) is 0 Å². The third kappa shape index (κ3) is 3.95. The largest absolute Gasteiger partial charge is 0.480 e. The Labute approximate surface area is 121 Å². The van der Waals surface area contributed by atoms with Crippen LogP contribution in [0.1, 0.15) is 6.42 Å². The van der Waals surface area contributed by atoms with Gasteiger partial charge in [-0.2, -0.15) is 4.72 Å². The summed E-state index contributed by atoms with van der Waals surface area (Å²) < 4.78 is 51.7. The topological polar surface area (TPSA) is 104 Å². The van der Waals surface area contributed by atoms with Crippen molar-refractivity contribution < 1.29 is 32.2 Å². The van der Waals surface area contributed by atoms with Crippen LogP contribution in [0.15, 0.2) is 21.5 Å². The second-order valence-corrected chi connectivity index (χ2v) is 6.23. The van der Waals surface area contributed by atoms with Crippen LogP contribution in [0.5, 0.6) is 0 Å². The maximum absolute atomic E-state index is 13.6. The summed E-state index contributed by atoms with van der Waals surface area (Å²) in [6, 6.07) is -0.526. The number of rotatable bonds is 6. The van der Waals surface area contributed by atoms with Gasteiger partial charge in [0.2, 0.25) is 10.0 Å². The summed E-state index contributed by atoms with van der Waals surface area (Å²) in [6.45, 7) is -0.577. The Morgan fingerprint density at radius 2 is 2.00 bits per heavy atom. The predicted octanol–water partition coefficient (Wildman–Crippen LogP) is 0.841. The van der Waals surface area contributed by atoms with Gasteiger partial charge in [0.15, 0.2) is 0 Å². The van der Waals surface area contributed by atoms with Gasteiger partial charge in [-0.1, -0.05) is 0 Å². The number of hydrogen-bond acceptors (Lipinski definition) is 4. The Morgan fingerprint density at radius 3 is 2.45 bits per heavy atom. The number of carboxylic acids is 1. The number of halogens is 3. The Bertz CT molecular complexity index is 599. The lowest BCUT2D eigenvalue weighted by molar-refractivity contribution is -0.139. The van der Waals surface area contributed by atoms with Crippen molar-refractivity contribution in [2.24, 2.45) is 0 Å². The molecule has 0 amide bonds. The van der Waals surface area contributed by atoms with Crippen LogP contribution in [0.3, 0.4) is 0 Å². The SMILES string of the molecule is O=C(O)[C@@H](CCO)NS(=O)(=O)c1c(F)cc(F)cc1Br. The minimum Gasteiger partial charge on any atom is -0.480 e. The number of benzene rings is 1. The number of sulfonamides is 1. The molecule has 0 saturated carbocycles. The second-order valence-electron chi connectivity index (χ2n) is 3.72. The number of nitrogens with one attached hydrogen (secondary N) is 1. The lowest BCUT2D eigenvalue weighted by Gasteiger charge is -2.15. The molecule has 1 aromatic rings. The van der Waals surface area contributed by atoms with Gasteiger partial charge in [-0.05, 0) is 28.4 Å². The van der Waals surface area contributed by atoms with Crippen LogP contribution in [-0.2, 0) is 14.8 Å². The number of aliphatic carboxylic acids is 1. The number of carbonyl (C=O) groups is 1. The third-order valence-corrected chi connectivity index (χ3v) is 4.68. The Morgan fingerprint density at radius 1 is 1.40 bits per heavy atom. The third-order valence-electron chi connectivity index (χ3n) is 2.25. The van der Waals surface area contributed by atoms with E-state index < -0.39 is 51.6 Å². The first-order valence-corrected chi connectivity index (χ1v) is 7.47. The van der Waals surface area contributed by atoms with E-state index in [-0.39, 0.29) is 4.47 Å². The zero-order valence-corrected chi connectivity index (χ0v) is 12.2. The zero-order valence-electron chi connectivity index (χ0n) is 9.81. The minimum absolute atomic E-state index is 0.362. The van der Waals surface area contributed by atoms with Gasteiger partial charge in [0.25, 0.3) is 0 Å². The summed E-state index contributed by atoms with van der Waals surface area (Å²) in [7, 11) is -4.54. The molecule has 20 heavy (non-hydrogen) atoms. The van der Waals surface area contributed by atoms with E-state index in [9.17, 15) is 22.0 Å². The maximum atomic E-state index is 13.6. The quantitative estimate of drug-likeness (QED) is 0.685. The van der Waals surface area contributed by atoms with E-state index in [0.29, 0.717) is 6.07 Å². The van der Waals surface area contributed by atoms with Crippen molar-refractivity contribution in [3.63, 3.8) is 0 Å².